The number of hydrogen-bond donors (Lipinski definition) is 1. The van der Waals surface area contributed by atoms with Gasteiger partial charge in [0.15, 0.2) is 0 Å². The van der Waals surface area contributed by atoms with Crippen LogP contribution in [0, 0.1) is 0 Å². The molecule has 19 heavy (non-hydrogen) atoms. The van der Waals surface area contributed by atoms with E-state index in [1.54, 1.807) is 0 Å². The van der Waals surface area contributed by atoms with Crippen LogP contribution < -0.4 is 5.73 Å². The number of halogens is 3. The van der Waals surface area contributed by atoms with Gasteiger partial charge in [0, 0.05) is 6.04 Å². The number of nitrogens with two attached hydrogens (primary N) is 1. The van der Waals surface area contributed by atoms with E-state index in [2.05, 4.69) is 4.74 Å². The molecule has 0 unspecified atom stereocenters. The summed E-state index contributed by atoms with van der Waals surface area (Å²) in [4.78, 5) is 13.5. The summed E-state index contributed by atoms with van der Waals surface area (Å²) >= 11 is 4.76. The molecule has 2 N–H and O–H groups in total. The minimum absolute atomic E-state index is 0.00323. The Hall–Kier alpha value is -0.890. The molecule has 0 heterocycles. The van der Waals surface area contributed by atoms with Crippen LogP contribution in [0.25, 0.3) is 0 Å². The van der Waals surface area contributed by atoms with Crippen LogP contribution >= 0.6 is 12.2 Å². The topological polar surface area (TPSA) is 55.6 Å². The molecule has 1 saturated carbocycles. The standard InChI is InChI=1S/C11H17F3N2O2S/c12-11(13,14)7-18-6-10(17)16(5-9(15)19)8-3-1-2-4-8/h8H,1-7H2,(H2,15,19). The molecule has 0 atom stereocenters. The highest BCUT2D eigenvalue weighted by Gasteiger charge is 2.30. The Morgan fingerprint density at radius 2 is 1.95 bits per heavy atom. The second-order valence-electron chi connectivity index (χ2n) is 4.53. The zero-order valence-electron chi connectivity index (χ0n) is 10.4. The van der Waals surface area contributed by atoms with Crippen molar-refractivity contribution in [1.82, 2.24) is 4.90 Å². The van der Waals surface area contributed by atoms with E-state index < -0.39 is 25.3 Å². The van der Waals surface area contributed by atoms with Gasteiger partial charge < -0.3 is 15.4 Å². The molecule has 1 rings (SSSR count). The van der Waals surface area contributed by atoms with Crippen molar-refractivity contribution < 1.29 is 22.7 Å². The van der Waals surface area contributed by atoms with Crippen LogP contribution in [0.1, 0.15) is 25.7 Å². The molecule has 0 aromatic carbocycles. The maximum atomic E-state index is 11.9. The molecule has 8 heteroatoms. The minimum atomic E-state index is -4.43. The van der Waals surface area contributed by atoms with Gasteiger partial charge >= 0.3 is 6.18 Å². The van der Waals surface area contributed by atoms with E-state index in [4.69, 9.17) is 18.0 Å². The molecule has 0 bridgehead atoms. The van der Waals surface area contributed by atoms with Crippen molar-refractivity contribution >= 4 is 23.1 Å². The number of carbonyl (C=O) groups excluding carboxylic acids is 1. The van der Waals surface area contributed by atoms with Crippen molar-refractivity contribution in [2.45, 2.75) is 37.9 Å². The smallest absolute Gasteiger partial charge is 0.392 e. The SMILES string of the molecule is NC(=S)CN(C(=O)COCC(F)(F)F)C1CCCC1. The summed E-state index contributed by atoms with van der Waals surface area (Å²) in [6.07, 6.45) is -0.784. The Kier molecular flexibility index (Phi) is 5.99. The maximum Gasteiger partial charge on any atom is 0.411 e. The quantitative estimate of drug-likeness (QED) is 0.757. The van der Waals surface area contributed by atoms with Gasteiger partial charge in [0.05, 0.1) is 11.5 Å². The monoisotopic (exact) mass is 298 g/mol. The molecule has 0 spiro atoms. The second-order valence-corrected chi connectivity index (χ2v) is 5.06. The normalized spacial score (nSPS) is 16.6. The third-order valence-electron chi connectivity index (χ3n) is 2.90. The molecule has 0 aromatic rings. The van der Waals surface area contributed by atoms with Crippen molar-refractivity contribution in [1.29, 1.82) is 0 Å². The van der Waals surface area contributed by atoms with Crippen molar-refractivity contribution in [3.63, 3.8) is 0 Å². The molecular formula is C11H17F3N2O2S. The number of ether oxygens (including phenoxy) is 1. The first-order valence-electron chi connectivity index (χ1n) is 6.02. The van der Waals surface area contributed by atoms with Gasteiger partial charge in [0.2, 0.25) is 5.91 Å². The Labute approximate surface area is 115 Å². The lowest BCUT2D eigenvalue weighted by Crippen LogP contribution is -2.45. The number of carbonyl (C=O) groups is 1. The van der Waals surface area contributed by atoms with E-state index in [9.17, 15) is 18.0 Å². The predicted octanol–water partition coefficient (Wildman–Crippen LogP) is 1.62. The van der Waals surface area contributed by atoms with E-state index in [-0.39, 0.29) is 17.6 Å². The fourth-order valence-electron chi connectivity index (χ4n) is 2.14. The van der Waals surface area contributed by atoms with Crippen molar-refractivity contribution in [3.8, 4) is 0 Å². The van der Waals surface area contributed by atoms with E-state index >= 15 is 0 Å². The first-order valence-corrected chi connectivity index (χ1v) is 6.42. The number of amides is 1. The fraction of sp³-hybridized carbons (Fsp3) is 0.818. The second kappa shape index (κ2) is 7.04. The van der Waals surface area contributed by atoms with Crippen LogP contribution in [0.15, 0.2) is 0 Å². The average molecular weight is 298 g/mol. The number of hydrogen-bond acceptors (Lipinski definition) is 3. The summed E-state index contributed by atoms with van der Waals surface area (Å²) in [6.45, 7) is -1.93. The van der Waals surface area contributed by atoms with Crippen molar-refractivity contribution in [3.05, 3.63) is 0 Å². The number of alkyl halides is 3. The summed E-state index contributed by atoms with van der Waals surface area (Å²) in [6, 6.07) is 0.00323. The lowest BCUT2D eigenvalue weighted by atomic mass is 10.2. The molecule has 110 valence electrons. The Bertz CT molecular complexity index is 330. The number of thiocarbonyl (C=S) groups is 1. The first kappa shape index (κ1) is 16.2. The summed E-state index contributed by atoms with van der Waals surface area (Å²) < 4.78 is 40.2. The van der Waals surface area contributed by atoms with Crippen molar-refractivity contribution in [2.24, 2.45) is 5.73 Å². The summed E-state index contributed by atoms with van der Waals surface area (Å²) in [5, 5.41) is 0. The maximum absolute atomic E-state index is 11.9. The Morgan fingerprint density at radius 3 is 2.42 bits per heavy atom. The van der Waals surface area contributed by atoms with Gasteiger partial charge in [-0.3, -0.25) is 4.79 Å². The summed E-state index contributed by atoms with van der Waals surface area (Å²) in [7, 11) is 0. The Morgan fingerprint density at radius 1 is 1.37 bits per heavy atom. The highest BCUT2D eigenvalue weighted by Crippen LogP contribution is 2.23. The van der Waals surface area contributed by atoms with Gasteiger partial charge in [-0.1, -0.05) is 25.1 Å². The minimum Gasteiger partial charge on any atom is -0.392 e. The summed E-state index contributed by atoms with van der Waals surface area (Å²) in [5.41, 5.74) is 5.41. The van der Waals surface area contributed by atoms with Gasteiger partial charge in [0.1, 0.15) is 13.2 Å². The van der Waals surface area contributed by atoms with Gasteiger partial charge in [-0.15, -0.1) is 0 Å². The molecule has 1 aliphatic rings. The van der Waals surface area contributed by atoms with Crippen LogP contribution in [-0.4, -0.2) is 47.8 Å². The molecule has 1 fully saturated rings. The van der Waals surface area contributed by atoms with Gasteiger partial charge in [0.25, 0.3) is 0 Å². The predicted molar refractivity (Wildman–Crippen MR) is 67.6 cm³/mol. The first-order chi connectivity index (χ1) is 8.79. The third-order valence-corrected chi connectivity index (χ3v) is 3.03. The molecule has 0 aromatic heterocycles. The zero-order valence-corrected chi connectivity index (χ0v) is 11.2. The van der Waals surface area contributed by atoms with E-state index in [0.29, 0.717) is 0 Å². The van der Waals surface area contributed by atoms with Gasteiger partial charge in [-0.05, 0) is 12.8 Å². The average Bonchev–Trinajstić information content (AvgIpc) is 2.76. The van der Waals surface area contributed by atoms with Crippen LogP contribution in [0.4, 0.5) is 13.2 Å². The number of nitrogens with zero attached hydrogens (tertiary/aromatic N) is 1. The van der Waals surface area contributed by atoms with E-state index in [0.717, 1.165) is 25.7 Å². The number of rotatable bonds is 6. The van der Waals surface area contributed by atoms with E-state index in [1.807, 2.05) is 0 Å². The lowest BCUT2D eigenvalue weighted by Gasteiger charge is -2.28. The highest BCUT2D eigenvalue weighted by molar-refractivity contribution is 7.80. The molecule has 1 aliphatic carbocycles. The van der Waals surface area contributed by atoms with Gasteiger partial charge in [-0.2, -0.15) is 13.2 Å². The van der Waals surface area contributed by atoms with Crippen LogP contribution in [-0.2, 0) is 9.53 Å². The third kappa shape index (κ3) is 6.20. The van der Waals surface area contributed by atoms with Crippen LogP contribution in [0.3, 0.4) is 0 Å². The Balaban J connectivity index is 2.49. The lowest BCUT2D eigenvalue weighted by molar-refractivity contribution is -0.178. The molecule has 0 radical (unpaired) electrons. The van der Waals surface area contributed by atoms with Gasteiger partial charge in [-0.25, -0.2) is 0 Å². The largest absolute Gasteiger partial charge is 0.411 e. The fourth-order valence-corrected chi connectivity index (χ4v) is 2.28. The van der Waals surface area contributed by atoms with Crippen LogP contribution in [0.5, 0.6) is 0 Å². The molecule has 4 nitrogen and oxygen atoms in total. The summed E-state index contributed by atoms with van der Waals surface area (Å²) in [5.74, 6) is -0.496. The zero-order chi connectivity index (χ0) is 14.5. The van der Waals surface area contributed by atoms with Crippen molar-refractivity contribution in [2.75, 3.05) is 19.8 Å². The molecular weight excluding hydrogens is 281 g/mol. The molecule has 0 aliphatic heterocycles. The van der Waals surface area contributed by atoms with Crippen LogP contribution in [0.2, 0.25) is 0 Å². The molecule has 1 amide bonds. The van der Waals surface area contributed by atoms with E-state index in [1.165, 1.54) is 4.90 Å². The molecule has 0 saturated heterocycles. The highest BCUT2D eigenvalue weighted by atomic mass is 32.1.